The molecule has 0 aliphatic carbocycles. The van der Waals surface area contributed by atoms with E-state index in [1.807, 2.05) is 13.0 Å². The molecule has 0 bridgehead atoms. The third-order valence-electron chi connectivity index (χ3n) is 2.63. The van der Waals surface area contributed by atoms with Crippen molar-refractivity contribution in [2.75, 3.05) is 13.2 Å². The maximum atomic E-state index is 11.9. The molecule has 0 aromatic carbocycles. The minimum Gasteiger partial charge on any atom is -0.490 e. The van der Waals surface area contributed by atoms with Crippen molar-refractivity contribution < 1.29 is 14.3 Å². The zero-order chi connectivity index (χ0) is 9.31. The fraction of sp³-hybridized carbons (Fsp3) is 0.700. The van der Waals surface area contributed by atoms with Crippen molar-refractivity contribution in [2.24, 2.45) is 0 Å². The number of hydrogen-bond donors (Lipinski definition) is 0. The highest BCUT2D eigenvalue weighted by Crippen LogP contribution is 2.30. The van der Waals surface area contributed by atoms with Crippen LogP contribution in [-0.4, -0.2) is 24.6 Å². The van der Waals surface area contributed by atoms with Gasteiger partial charge < -0.3 is 9.47 Å². The van der Waals surface area contributed by atoms with Crippen LogP contribution in [0.1, 0.15) is 26.2 Å². The van der Waals surface area contributed by atoms with Gasteiger partial charge in [-0.1, -0.05) is 0 Å². The fourth-order valence-corrected chi connectivity index (χ4v) is 1.79. The van der Waals surface area contributed by atoms with E-state index in [1.54, 1.807) is 0 Å². The molecule has 0 amide bonds. The Hall–Kier alpha value is -0.830. The molecule has 3 nitrogen and oxygen atoms in total. The molecular formula is C10H14O3. The SMILES string of the molecule is CC1(C(=O)C2=CCCO2)CCCO1. The first-order chi connectivity index (χ1) is 6.22. The van der Waals surface area contributed by atoms with Crippen molar-refractivity contribution in [3.63, 3.8) is 0 Å². The molecule has 2 rings (SSSR count). The Kier molecular flexibility index (Phi) is 2.12. The third kappa shape index (κ3) is 1.48. The largest absolute Gasteiger partial charge is 0.490 e. The van der Waals surface area contributed by atoms with Crippen molar-refractivity contribution in [3.05, 3.63) is 11.8 Å². The molecular weight excluding hydrogens is 168 g/mol. The van der Waals surface area contributed by atoms with Crippen LogP contribution in [0.5, 0.6) is 0 Å². The molecule has 2 aliphatic heterocycles. The normalized spacial score (nSPS) is 32.8. The number of rotatable bonds is 2. The van der Waals surface area contributed by atoms with E-state index in [4.69, 9.17) is 9.47 Å². The number of ketones is 1. The zero-order valence-corrected chi connectivity index (χ0v) is 7.84. The van der Waals surface area contributed by atoms with Crippen LogP contribution >= 0.6 is 0 Å². The standard InChI is InChI=1S/C10H14O3/c1-10(5-3-7-13-10)9(11)8-4-2-6-12-8/h4H,2-3,5-7H2,1H3. The Morgan fingerprint density at radius 3 is 2.92 bits per heavy atom. The van der Waals surface area contributed by atoms with Crippen molar-refractivity contribution in [1.82, 2.24) is 0 Å². The fourth-order valence-electron chi connectivity index (χ4n) is 1.79. The van der Waals surface area contributed by atoms with Crippen LogP contribution in [-0.2, 0) is 14.3 Å². The minimum atomic E-state index is -0.615. The molecule has 1 fully saturated rings. The summed E-state index contributed by atoms with van der Waals surface area (Å²) in [5.41, 5.74) is -0.615. The van der Waals surface area contributed by atoms with Gasteiger partial charge in [-0.15, -0.1) is 0 Å². The number of carbonyl (C=O) groups excluding carboxylic acids is 1. The smallest absolute Gasteiger partial charge is 0.228 e. The summed E-state index contributed by atoms with van der Waals surface area (Å²) in [5, 5.41) is 0. The highest BCUT2D eigenvalue weighted by molar-refractivity contribution is 6.00. The maximum Gasteiger partial charge on any atom is 0.228 e. The molecule has 0 N–H and O–H groups in total. The monoisotopic (exact) mass is 182 g/mol. The van der Waals surface area contributed by atoms with Crippen molar-refractivity contribution >= 4 is 5.78 Å². The molecule has 0 spiro atoms. The molecule has 1 unspecified atom stereocenters. The summed E-state index contributed by atoms with van der Waals surface area (Å²) in [4.78, 5) is 11.9. The lowest BCUT2D eigenvalue weighted by molar-refractivity contribution is -0.136. The number of Topliss-reactive ketones (excluding diaryl/α,β-unsaturated/α-hetero) is 1. The number of ether oxygens (including phenoxy) is 2. The van der Waals surface area contributed by atoms with E-state index in [0.717, 1.165) is 19.3 Å². The molecule has 3 heteroatoms. The summed E-state index contributed by atoms with van der Waals surface area (Å²) >= 11 is 0. The quantitative estimate of drug-likeness (QED) is 0.648. The average molecular weight is 182 g/mol. The van der Waals surface area contributed by atoms with Gasteiger partial charge in [0.25, 0.3) is 0 Å². The Balaban J connectivity index is 2.11. The van der Waals surface area contributed by atoms with E-state index in [0.29, 0.717) is 19.0 Å². The number of hydrogen-bond acceptors (Lipinski definition) is 3. The number of carbonyl (C=O) groups is 1. The first-order valence-electron chi connectivity index (χ1n) is 4.74. The Morgan fingerprint density at radius 2 is 2.38 bits per heavy atom. The summed E-state index contributed by atoms with van der Waals surface area (Å²) in [6.45, 7) is 3.18. The highest BCUT2D eigenvalue weighted by Gasteiger charge is 2.40. The maximum absolute atomic E-state index is 11.9. The topological polar surface area (TPSA) is 35.5 Å². The molecule has 0 aromatic rings. The minimum absolute atomic E-state index is 0.0162. The van der Waals surface area contributed by atoms with Crippen LogP contribution in [0.4, 0.5) is 0 Å². The Labute approximate surface area is 77.7 Å². The van der Waals surface area contributed by atoms with E-state index in [-0.39, 0.29) is 5.78 Å². The molecule has 0 saturated carbocycles. The molecule has 13 heavy (non-hydrogen) atoms. The van der Waals surface area contributed by atoms with Gasteiger partial charge >= 0.3 is 0 Å². The predicted molar refractivity (Wildman–Crippen MR) is 47.3 cm³/mol. The Morgan fingerprint density at radius 1 is 1.54 bits per heavy atom. The van der Waals surface area contributed by atoms with Crippen LogP contribution in [0.25, 0.3) is 0 Å². The van der Waals surface area contributed by atoms with E-state index in [2.05, 4.69) is 0 Å². The molecule has 0 radical (unpaired) electrons. The highest BCUT2D eigenvalue weighted by atomic mass is 16.5. The van der Waals surface area contributed by atoms with Crippen molar-refractivity contribution in [3.8, 4) is 0 Å². The molecule has 0 aromatic heterocycles. The zero-order valence-electron chi connectivity index (χ0n) is 7.84. The van der Waals surface area contributed by atoms with E-state index in [1.165, 1.54) is 0 Å². The molecule has 1 atom stereocenters. The average Bonchev–Trinajstić information content (AvgIpc) is 2.73. The molecule has 2 heterocycles. The van der Waals surface area contributed by atoms with Crippen LogP contribution < -0.4 is 0 Å². The Bertz CT molecular complexity index is 249. The van der Waals surface area contributed by atoms with Crippen molar-refractivity contribution in [1.29, 1.82) is 0 Å². The third-order valence-corrected chi connectivity index (χ3v) is 2.63. The van der Waals surface area contributed by atoms with Gasteiger partial charge in [-0.3, -0.25) is 4.79 Å². The van der Waals surface area contributed by atoms with Crippen LogP contribution in [0.2, 0.25) is 0 Å². The van der Waals surface area contributed by atoms with Gasteiger partial charge in [-0.05, 0) is 25.8 Å². The van der Waals surface area contributed by atoms with Gasteiger partial charge in [0.05, 0.1) is 6.61 Å². The second kappa shape index (κ2) is 3.14. The predicted octanol–water partition coefficient (Wildman–Crippen LogP) is 1.43. The second-order valence-corrected chi connectivity index (χ2v) is 3.72. The van der Waals surface area contributed by atoms with Crippen molar-refractivity contribution in [2.45, 2.75) is 31.8 Å². The van der Waals surface area contributed by atoms with E-state index >= 15 is 0 Å². The molecule has 72 valence electrons. The van der Waals surface area contributed by atoms with E-state index < -0.39 is 5.60 Å². The lowest BCUT2D eigenvalue weighted by Crippen LogP contribution is -2.35. The van der Waals surface area contributed by atoms with Gasteiger partial charge in [0.15, 0.2) is 5.76 Å². The van der Waals surface area contributed by atoms with Crippen LogP contribution in [0.3, 0.4) is 0 Å². The van der Waals surface area contributed by atoms with Gasteiger partial charge in [-0.25, -0.2) is 0 Å². The molecule has 1 saturated heterocycles. The first-order valence-corrected chi connectivity index (χ1v) is 4.74. The van der Waals surface area contributed by atoms with E-state index in [9.17, 15) is 4.79 Å². The van der Waals surface area contributed by atoms with Gasteiger partial charge in [-0.2, -0.15) is 0 Å². The molecule has 2 aliphatic rings. The summed E-state index contributed by atoms with van der Waals surface area (Å²) in [6.07, 6.45) is 4.48. The lowest BCUT2D eigenvalue weighted by atomic mass is 9.96. The van der Waals surface area contributed by atoms with Gasteiger partial charge in [0, 0.05) is 13.0 Å². The first kappa shape index (κ1) is 8.75. The second-order valence-electron chi connectivity index (χ2n) is 3.72. The van der Waals surface area contributed by atoms with Crippen LogP contribution in [0, 0.1) is 0 Å². The van der Waals surface area contributed by atoms with Crippen LogP contribution in [0.15, 0.2) is 11.8 Å². The summed E-state index contributed by atoms with van der Waals surface area (Å²) in [5.74, 6) is 0.520. The summed E-state index contributed by atoms with van der Waals surface area (Å²) in [7, 11) is 0. The lowest BCUT2D eigenvalue weighted by Gasteiger charge is -2.21. The summed E-state index contributed by atoms with van der Waals surface area (Å²) < 4.78 is 10.7. The summed E-state index contributed by atoms with van der Waals surface area (Å²) in [6, 6.07) is 0. The van der Waals surface area contributed by atoms with Gasteiger partial charge in [0.2, 0.25) is 5.78 Å². The van der Waals surface area contributed by atoms with Gasteiger partial charge in [0.1, 0.15) is 5.60 Å².